The van der Waals surface area contributed by atoms with Gasteiger partial charge in [0.2, 0.25) is 0 Å². The van der Waals surface area contributed by atoms with Crippen LogP contribution in [-0.4, -0.2) is 122 Å². The first-order chi connectivity index (χ1) is 36.6. The summed E-state index contributed by atoms with van der Waals surface area (Å²) in [6.45, 7) is 28.0. The van der Waals surface area contributed by atoms with Gasteiger partial charge in [0.25, 0.3) is 0 Å². The van der Waals surface area contributed by atoms with Gasteiger partial charge in [-0.1, -0.05) is 285 Å². The van der Waals surface area contributed by atoms with Crippen molar-refractivity contribution in [1.82, 2.24) is 24.7 Å². The molecule has 0 atom stereocenters. The van der Waals surface area contributed by atoms with Crippen molar-refractivity contribution in [3.8, 4) is 0 Å². The topological polar surface area (TPSA) is 42.5 Å². The lowest BCUT2D eigenvalue weighted by atomic mass is 10.1. The molecule has 1 saturated heterocycles. The Morgan fingerprint density at radius 2 is 0.554 bits per heavy atom. The zero-order valence-electron chi connectivity index (χ0n) is 51.7. The van der Waals surface area contributed by atoms with Crippen molar-refractivity contribution < 1.29 is 9.53 Å². The fourth-order valence-electron chi connectivity index (χ4n) is 11.5. The maximum atomic E-state index is 12.3. The number of unbranched alkanes of at least 4 members (excludes halogenated alkanes) is 40. The van der Waals surface area contributed by atoms with Crippen LogP contribution >= 0.6 is 0 Å². The molecule has 0 unspecified atom stereocenters. The average Bonchev–Trinajstić information content (AvgIpc) is 3.41. The van der Waals surface area contributed by atoms with Crippen LogP contribution in [0.3, 0.4) is 0 Å². The first-order valence-corrected chi connectivity index (χ1v) is 34.4. The van der Waals surface area contributed by atoms with Crippen LogP contribution in [0.4, 0.5) is 0 Å². The molecule has 0 aromatic rings. The molecule has 1 rings (SSSR count). The van der Waals surface area contributed by atoms with E-state index in [2.05, 4.69) is 59.3 Å². The number of hydrogen-bond acceptors (Lipinski definition) is 7. The molecule has 0 N–H and O–H groups in total. The Bertz CT molecular complexity index is 1060. The van der Waals surface area contributed by atoms with Crippen molar-refractivity contribution in [3.63, 3.8) is 0 Å². The number of carbonyl (C=O) groups is 1. The number of rotatable bonds is 61. The lowest BCUT2D eigenvalue weighted by Crippen LogP contribution is -2.52. The van der Waals surface area contributed by atoms with E-state index < -0.39 is 0 Å². The average molecular weight is 1040 g/mol. The highest BCUT2D eigenvalue weighted by Crippen LogP contribution is 2.18. The van der Waals surface area contributed by atoms with E-state index in [0.717, 1.165) is 25.7 Å². The van der Waals surface area contributed by atoms with Gasteiger partial charge >= 0.3 is 5.97 Å². The first kappa shape index (κ1) is 71.3. The van der Waals surface area contributed by atoms with Gasteiger partial charge in [-0.15, -0.1) is 0 Å². The SMILES string of the molecule is CCCCCCCCCCCCN(CCCCCC(=O)OCCCCC)CCN1CCN(CCN(CCCCCCCCCCCC)N(CCCCCCCCCCCC)CCCCCCCCCCCC)CC1. The molecule has 0 saturated carbocycles. The number of ether oxygens (including phenoxy) is 1. The summed E-state index contributed by atoms with van der Waals surface area (Å²) in [5, 5.41) is 5.78. The molecule has 74 heavy (non-hydrogen) atoms. The standard InChI is InChI=1S/C67H137N5O2/c1-6-11-16-20-24-28-32-36-40-46-53-68(54-47-44-45-52-67(73)74-66-51-15-10-5)58-59-69-60-62-70(63-61-69)64-65-72(57-50-43-39-35-31-27-23-19-14-9-4)71(55-48-41-37-33-29-25-21-17-12-7-2)56-49-42-38-34-30-26-22-18-13-8-3/h6-66H2,1-5H3. The lowest BCUT2D eigenvalue weighted by molar-refractivity contribution is -0.143. The van der Waals surface area contributed by atoms with Gasteiger partial charge in [0.05, 0.1) is 6.61 Å². The van der Waals surface area contributed by atoms with Crippen molar-refractivity contribution in [2.75, 3.05) is 91.7 Å². The zero-order valence-corrected chi connectivity index (χ0v) is 51.7. The Morgan fingerprint density at radius 3 is 0.892 bits per heavy atom. The minimum absolute atomic E-state index is 0.00951. The molecule has 1 heterocycles. The molecule has 1 aliphatic rings. The summed E-state index contributed by atoms with van der Waals surface area (Å²) in [6.07, 6.45) is 63.7. The van der Waals surface area contributed by atoms with Crippen LogP contribution in [0, 0.1) is 0 Å². The lowest BCUT2D eigenvalue weighted by Gasteiger charge is -2.39. The van der Waals surface area contributed by atoms with E-state index >= 15 is 0 Å². The molecule has 442 valence electrons. The maximum absolute atomic E-state index is 12.3. The summed E-state index contributed by atoms with van der Waals surface area (Å²) in [5.41, 5.74) is 0. The Labute approximate surface area is 466 Å². The molecule has 0 aromatic carbocycles. The second-order valence-corrected chi connectivity index (χ2v) is 23.9. The van der Waals surface area contributed by atoms with Gasteiger partial charge in [-0.2, -0.15) is 0 Å². The fourth-order valence-corrected chi connectivity index (χ4v) is 11.5. The molecule has 1 aliphatic heterocycles. The van der Waals surface area contributed by atoms with Gasteiger partial charge in [0.1, 0.15) is 0 Å². The van der Waals surface area contributed by atoms with Crippen molar-refractivity contribution in [3.05, 3.63) is 0 Å². The summed E-state index contributed by atoms with van der Waals surface area (Å²) in [4.78, 5) is 20.7. The van der Waals surface area contributed by atoms with Gasteiger partial charge in [-0.3, -0.25) is 14.6 Å². The first-order valence-electron chi connectivity index (χ1n) is 34.4. The van der Waals surface area contributed by atoms with E-state index in [1.165, 1.54) is 355 Å². The third-order valence-electron chi connectivity index (χ3n) is 16.8. The van der Waals surface area contributed by atoms with Crippen molar-refractivity contribution >= 4 is 5.97 Å². The molecule has 0 bridgehead atoms. The fraction of sp³-hybridized carbons (Fsp3) is 0.985. The molecule has 7 nitrogen and oxygen atoms in total. The number of carbonyl (C=O) groups excluding carboxylic acids is 1. The molecular formula is C67H137N5O2. The number of piperazine rings is 1. The highest BCUT2D eigenvalue weighted by Gasteiger charge is 2.21. The van der Waals surface area contributed by atoms with Crippen LogP contribution in [0.25, 0.3) is 0 Å². The Morgan fingerprint density at radius 1 is 0.297 bits per heavy atom. The molecule has 0 aromatic heterocycles. The molecule has 0 radical (unpaired) electrons. The highest BCUT2D eigenvalue weighted by molar-refractivity contribution is 5.69. The van der Waals surface area contributed by atoms with E-state index in [9.17, 15) is 4.79 Å². The van der Waals surface area contributed by atoms with Gasteiger partial charge in [-0.25, -0.2) is 10.0 Å². The van der Waals surface area contributed by atoms with Gasteiger partial charge in [0.15, 0.2) is 0 Å². The van der Waals surface area contributed by atoms with E-state index in [0.29, 0.717) is 13.0 Å². The Kier molecular flexibility index (Phi) is 56.3. The maximum Gasteiger partial charge on any atom is 0.305 e. The second kappa shape index (κ2) is 58.4. The smallest absolute Gasteiger partial charge is 0.305 e. The molecular weight excluding hydrogens is 907 g/mol. The largest absolute Gasteiger partial charge is 0.466 e. The van der Waals surface area contributed by atoms with Gasteiger partial charge in [-0.05, 0) is 58.0 Å². The summed E-state index contributed by atoms with van der Waals surface area (Å²) >= 11 is 0. The molecule has 7 heteroatoms. The third-order valence-corrected chi connectivity index (χ3v) is 16.8. The van der Waals surface area contributed by atoms with Gasteiger partial charge < -0.3 is 9.64 Å². The summed E-state index contributed by atoms with van der Waals surface area (Å²) in [5.74, 6) is 0.00951. The highest BCUT2D eigenvalue weighted by atomic mass is 16.5. The summed E-state index contributed by atoms with van der Waals surface area (Å²) in [6, 6.07) is 0. The second-order valence-electron chi connectivity index (χ2n) is 23.9. The van der Waals surface area contributed by atoms with E-state index in [1.54, 1.807) is 0 Å². The van der Waals surface area contributed by atoms with Crippen molar-refractivity contribution in [1.29, 1.82) is 0 Å². The monoisotopic (exact) mass is 1040 g/mol. The van der Waals surface area contributed by atoms with Crippen molar-refractivity contribution in [2.24, 2.45) is 0 Å². The number of hydrazine groups is 1. The van der Waals surface area contributed by atoms with Crippen molar-refractivity contribution in [2.45, 2.75) is 336 Å². The van der Waals surface area contributed by atoms with Gasteiger partial charge in [0, 0.05) is 78.4 Å². The summed E-state index contributed by atoms with van der Waals surface area (Å²) in [7, 11) is 0. The van der Waals surface area contributed by atoms with Crippen LogP contribution in [0.5, 0.6) is 0 Å². The quantitative estimate of drug-likeness (QED) is 0.0342. The van der Waals surface area contributed by atoms with Crippen LogP contribution in [0.1, 0.15) is 336 Å². The predicted molar refractivity (Wildman–Crippen MR) is 329 cm³/mol. The van der Waals surface area contributed by atoms with E-state index in [4.69, 9.17) is 4.74 Å². The van der Waals surface area contributed by atoms with Crippen LogP contribution in [0.15, 0.2) is 0 Å². The Balaban J connectivity index is 2.80. The number of nitrogens with zero attached hydrogens (tertiary/aromatic N) is 5. The van der Waals surface area contributed by atoms with E-state index in [1.807, 2.05) is 0 Å². The predicted octanol–water partition coefficient (Wildman–Crippen LogP) is 19.4. The van der Waals surface area contributed by atoms with Crippen LogP contribution in [0.2, 0.25) is 0 Å². The minimum atomic E-state index is 0.00951. The minimum Gasteiger partial charge on any atom is -0.466 e. The number of esters is 1. The molecule has 0 aliphatic carbocycles. The molecule has 0 spiro atoms. The molecule has 0 amide bonds. The summed E-state index contributed by atoms with van der Waals surface area (Å²) < 4.78 is 5.49. The number of hydrogen-bond donors (Lipinski definition) is 0. The molecule has 1 fully saturated rings. The van der Waals surface area contributed by atoms with Crippen LogP contribution < -0.4 is 0 Å². The normalized spacial score (nSPS) is 13.7. The van der Waals surface area contributed by atoms with Crippen LogP contribution in [-0.2, 0) is 9.53 Å². The Hall–Kier alpha value is -0.730. The third kappa shape index (κ3) is 48.4. The van der Waals surface area contributed by atoms with E-state index in [-0.39, 0.29) is 5.97 Å². The zero-order chi connectivity index (χ0) is 53.3.